The fraction of sp³-hybridized carbons (Fsp3) is 0.143. The Labute approximate surface area is 275 Å². The number of hydrogen-bond donors (Lipinski definition) is 0. The highest BCUT2D eigenvalue weighted by molar-refractivity contribution is 14.1. The van der Waals surface area contributed by atoms with Gasteiger partial charge in [-0.3, -0.25) is 0 Å². The van der Waals surface area contributed by atoms with Crippen LogP contribution in [-0.2, 0) is 11.8 Å². The Balaban J connectivity index is 1.46. The SMILES string of the molecule is Cc1cc(-c2ccccc2)ccc1N(c1cc2c3c(cccc3c1)CC=C2)c1cccc(C(C)(C)c2ccccc2I)c1C. The largest absolute Gasteiger partial charge is 0.310 e. The summed E-state index contributed by atoms with van der Waals surface area (Å²) in [5, 5.41) is 2.66. The molecular formula is C42H36IN. The molecule has 6 aromatic rings. The normalized spacial score (nSPS) is 12.5. The van der Waals surface area contributed by atoms with Gasteiger partial charge in [-0.1, -0.05) is 111 Å². The molecule has 0 bridgehead atoms. The van der Waals surface area contributed by atoms with Gasteiger partial charge < -0.3 is 4.90 Å². The molecular weight excluding hydrogens is 645 g/mol. The van der Waals surface area contributed by atoms with Crippen LogP contribution in [0, 0.1) is 17.4 Å². The van der Waals surface area contributed by atoms with Gasteiger partial charge >= 0.3 is 0 Å². The van der Waals surface area contributed by atoms with E-state index in [1.54, 1.807) is 0 Å². The molecule has 7 rings (SSSR count). The monoisotopic (exact) mass is 681 g/mol. The number of benzene rings is 6. The molecule has 44 heavy (non-hydrogen) atoms. The van der Waals surface area contributed by atoms with Crippen LogP contribution in [0.5, 0.6) is 0 Å². The molecule has 0 radical (unpaired) electrons. The minimum absolute atomic E-state index is 0.164. The van der Waals surface area contributed by atoms with Crippen LogP contribution in [0.3, 0.4) is 0 Å². The summed E-state index contributed by atoms with van der Waals surface area (Å²) in [7, 11) is 0. The average Bonchev–Trinajstić information content (AvgIpc) is 3.03. The number of hydrogen-bond acceptors (Lipinski definition) is 1. The van der Waals surface area contributed by atoms with Crippen LogP contribution in [0.1, 0.15) is 47.2 Å². The van der Waals surface area contributed by atoms with Gasteiger partial charge in [0, 0.05) is 26.0 Å². The maximum atomic E-state index is 2.49. The van der Waals surface area contributed by atoms with E-state index < -0.39 is 0 Å². The molecule has 0 aliphatic heterocycles. The average molecular weight is 682 g/mol. The van der Waals surface area contributed by atoms with Crippen molar-refractivity contribution in [1.82, 2.24) is 0 Å². The molecule has 0 spiro atoms. The van der Waals surface area contributed by atoms with Crippen molar-refractivity contribution in [3.8, 4) is 11.1 Å². The molecule has 0 N–H and O–H groups in total. The Morgan fingerprint density at radius 2 is 1.41 bits per heavy atom. The summed E-state index contributed by atoms with van der Waals surface area (Å²) in [6, 6.07) is 44.6. The van der Waals surface area contributed by atoms with E-state index >= 15 is 0 Å². The van der Waals surface area contributed by atoms with E-state index in [1.165, 1.54) is 75.9 Å². The minimum atomic E-state index is -0.164. The zero-order valence-electron chi connectivity index (χ0n) is 25.7. The Bertz CT molecular complexity index is 2050. The van der Waals surface area contributed by atoms with Crippen molar-refractivity contribution in [1.29, 1.82) is 0 Å². The number of halogens is 1. The lowest BCUT2D eigenvalue weighted by atomic mass is 9.76. The van der Waals surface area contributed by atoms with E-state index in [0.717, 1.165) is 6.42 Å². The Hall–Kier alpha value is -4.15. The van der Waals surface area contributed by atoms with E-state index in [0.29, 0.717) is 0 Å². The first-order chi connectivity index (χ1) is 21.3. The molecule has 2 heteroatoms. The second-order valence-electron chi connectivity index (χ2n) is 12.4. The first kappa shape index (κ1) is 28.6. The van der Waals surface area contributed by atoms with Gasteiger partial charge in [0.1, 0.15) is 0 Å². The van der Waals surface area contributed by atoms with E-state index in [4.69, 9.17) is 0 Å². The molecule has 0 saturated carbocycles. The van der Waals surface area contributed by atoms with Gasteiger partial charge in [0.2, 0.25) is 0 Å². The van der Waals surface area contributed by atoms with Crippen LogP contribution < -0.4 is 4.90 Å². The number of rotatable bonds is 6. The maximum absolute atomic E-state index is 2.49. The summed E-state index contributed by atoms with van der Waals surface area (Å²) < 4.78 is 1.29. The van der Waals surface area contributed by atoms with Gasteiger partial charge in [-0.25, -0.2) is 0 Å². The molecule has 0 unspecified atom stereocenters. The molecule has 0 fully saturated rings. The zero-order valence-corrected chi connectivity index (χ0v) is 27.9. The quantitative estimate of drug-likeness (QED) is 0.158. The second-order valence-corrected chi connectivity index (χ2v) is 13.6. The molecule has 0 saturated heterocycles. The van der Waals surface area contributed by atoms with Crippen molar-refractivity contribution >= 4 is 56.5 Å². The second kappa shape index (κ2) is 11.4. The van der Waals surface area contributed by atoms with E-state index in [-0.39, 0.29) is 5.41 Å². The van der Waals surface area contributed by atoms with E-state index in [9.17, 15) is 0 Å². The van der Waals surface area contributed by atoms with Gasteiger partial charge in [-0.05, 0) is 135 Å². The van der Waals surface area contributed by atoms with Crippen LogP contribution in [0.4, 0.5) is 17.1 Å². The number of nitrogens with zero attached hydrogens (tertiary/aromatic N) is 1. The zero-order chi connectivity index (χ0) is 30.4. The number of allylic oxidation sites excluding steroid dienone is 1. The van der Waals surface area contributed by atoms with Crippen LogP contribution in [0.2, 0.25) is 0 Å². The van der Waals surface area contributed by atoms with Crippen molar-refractivity contribution in [3.05, 3.63) is 164 Å². The predicted octanol–water partition coefficient (Wildman–Crippen LogP) is 12.1. The highest BCUT2D eigenvalue weighted by atomic mass is 127. The van der Waals surface area contributed by atoms with Gasteiger partial charge in [-0.2, -0.15) is 0 Å². The Morgan fingerprint density at radius 1 is 0.659 bits per heavy atom. The molecule has 0 aromatic heterocycles. The number of aryl methyl sites for hydroxylation is 1. The molecule has 0 amide bonds. The van der Waals surface area contributed by atoms with Crippen LogP contribution in [0.25, 0.3) is 28.0 Å². The Morgan fingerprint density at radius 3 is 2.20 bits per heavy atom. The van der Waals surface area contributed by atoms with E-state index in [1.807, 2.05) is 0 Å². The summed E-state index contributed by atoms with van der Waals surface area (Å²) >= 11 is 2.48. The Kier molecular flexibility index (Phi) is 7.42. The van der Waals surface area contributed by atoms with Gasteiger partial charge in [-0.15, -0.1) is 0 Å². The maximum Gasteiger partial charge on any atom is 0.0493 e. The summed E-state index contributed by atoms with van der Waals surface area (Å²) in [5.41, 5.74) is 13.8. The van der Waals surface area contributed by atoms with Gasteiger partial charge in [0.15, 0.2) is 0 Å². The highest BCUT2D eigenvalue weighted by Gasteiger charge is 2.29. The first-order valence-corrected chi connectivity index (χ1v) is 16.4. The third-order valence-corrected chi connectivity index (χ3v) is 10.2. The summed E-state index contributed by atoms with van der Waals surface area (Å²) in [6.07, 6.45) is 5.58. The van der Waals surface area contributed by atoms with Crippen molar-refractivity contribution in [2.24, 2.45) is 0 Å². The van der Waals surface area contributed by atoms with Gasteiger partial charge in [0.25, 0.3) is 0 Å². The molecule has 0 atom stereocenters. The summed E-state index contributed by atoms with van der Waals surface area (Å²) in [6.45, 7) is 9.25. The lowest BCUT2D eigenvalue weighted by molar-refractivity contribution is 0.632. The summed E-state index contributed by atoms with van der Waals surface area (Å²) in [5.74, 6) is 0. The first-order valence-electron chi connectivity index (χ1n) is 15.4. The van der Waals surface area contributed by atoms with Crippen LogP contribution in [-0.4, -0.2) is 0 Å². The van der Waals surface area contributed by atoms with Crippen LogP contribution >= 0.6 is 22.6 Å². The molecule has 6 aromatic carbocycles. The van der Waals surface area contributed by atoms with Crippen LogP contribution in [0.15, 0.2) is 127 Å². The molecule has 1 nitrogen and oxygen atoms in total. The smallest absolute Gasteiger partial charge is 0.0493 e. The fourth-order valence-electron chi connectivity index (χ4n) is 7.05. The van der Waals surface area contributed by atoms with Gasteiger partial charge in [0.05, 0.1) is 0 Å². The summed E-state index contributed by atoms with van der Waals surface area (Å²) in [4.78, 5) is 2.49. The minimum Gasteiger partial charge on any atom is -0.310 e. The molecule has 216 valence electrons. The molecule has 1 aliphatic rings. The predicted molar refractivity (Wildman–Crippen MR) is 198 cm³/mol. The van der Waals surface area contributed by atoms with Crippen molar-refractivity contribution in [2.75, 3.05) is 4.90 Å². The highest BCUT2D eigenvalue weighted by Crippen LogP contribution is 2.45. The van der Waals surface area contributed by atoms with Crippen molar-refractivity contribution in [2.45, 2.75) is 39.5 Å². The third-order valence-electron chi connectivity index (χ3n) is 9.28. The molecule has 0 heterocycles. The van der Waals surface area contributed by atoms with Crippen molar-refractivity contribution in [3.63, 3.8) is 0 Å². The van der Waals surface area contributed by atoms with Crippen molar-refractivity contribution < 1.29 is 0 Å². The standard InChI is InChI=1S/C42H36IN/c1-28-25-32(30-13-6-5-7-14-30)23-24-39(28)44(35-26-33-17-10-15-31-16-11-18-34(27-35)41(31)33)40-22-12-20-36(29(40)2)42(3,4)37-19-8-9-21-38(37)43/h5-15,17-27H,16H2,1-4H3. The molecule has 1 aliphatic carbocycles. The lowest BCUT2D eigenvalue weighted by Gasteiger charge is -2.34. The van der Waals surface area contributed by atoms with E-state index in [2.05, 4.69) is 189 Å². The third kappa shape index (κ3) is 4.95. The topological polar surface area (TPSA) is 3.24 Å². The lowest BCUT2D eigenvalue weighted by Crippen LogP contribution is -2.23. The fourth-order valence-corrected chi connectivity index (χ4v) is 8.11. The number of anilines is 3.